The molecule has 5 aliphatic carbocycles. The van der Waals surface area contributed by atoms with Crippen molar-refractivity contribution in [3.05, 3.63) is 11.6 Å². The fraction of sp³-hybridized carbons (Fsp3) is 0.900. The van der Waals surface area contributed by atoms with Crippen LogP contribution in [-0.4, -0.2) is 22.3 Å². The molecule has 5 rings (SSSR count). The van der Waals surface area contributed by atoms with Gasteiger partial charge in [0, 0.05) is 0 Å². The number of carboxylic acid groups (broad SMARTS) is 1. The quantitative estimate of drug-likeness (QED) is 0.414. The Morgan fingerprint density at radius 3 is 2.27 bits per heavy atom. The number of hydrogen-bond donors (Lipinski definition) is 2. The summed E-state index contributed by atoms with van der Waals surface area (Å²) in [5, 5.41) is 21.4. The van der Waals surface area contributed by atoms with Crippen molar-refractivity contribution in [1.82, 2.24) is 0 Å². The van der Waals surface area contributed by atoms with Gasteiger partial charge in [0.2, 0.25) is 0 Å². The second kappa shape index (κ2) is 7.11. The summed E-state index contributed by atoms with van der Waals surface area (Å²) < 4.78 is 0. The third-order valence-corrected chi connectivity index (χ3v) is 13.4. The number of allylic oxidation sites excluding steroid dienone is 2. The van der Waals surface area contributed by atoms with E-state index in [2.05, 4.69) is 54.5 Å². The second-order valence-electron chi connectivity index (χ2n) is 14.5. The first kappa shape index (κ1) is 23.9. The molecule has 3 nitrogen and oxygen atoms in total. The SMILES string of the molecule is CC1CC[C@]2(C(=O)O)CC[C@]3(C)C(=CCC4[C@@]5(C)CCC(O)C(C)(C)C5CC[C@]43C)C2C1C. The van der Waals surface area contributed by atoms with E-state index in [0.717, 1.165) is 44.9 Å². The van der Waals surface area contributed by atoms with Gasteiger partial charge in [0.25, 0.3) is 0 Å². The van der Waals surface area contributed by atoms with Crippen LogP contribution in [0.3, 0.4) is 0 Å². The van der Waals surface area contributed by atoms with Gasteiger partial charge in [0.15, 0.2) is 0 Å². The number of carboxylic acids is 1. The van der Waals surface area contributed by atoms with Crippen LogP contribution in [0.25, 0.3) is 0 Å². The van der Waals surface area contributed by atoms with Crippen LogP contribution in [0.5, 0.6) is 0 Å². The molecule has 0 amide bonds. The van der Waals surface area contributed by atoms with Crippen molar-refractivity contribution in [2.24, 2.45) is 56.7 Å². The summed E-state index contributed by atoms with van der Waals surface area (Å²) in [5.74, 6) is 1.82. The fourth-order valence-electron chi connectivity index (χ4n) is 10.8. The van der Waals surface area contributed by atoms with Crippen LogP contribution < -0.4 is 0 Å². The molecule has 4 saturated carbocycles. The zero-order valence-electron chi connectivity index (χ0n) is 22.2. The van der Waals surface area contributed by atoms with Crippen LogP contribution in [-0.2, 0) is 4.79 Å². The van der Waals surface area contributed by atoms with Gasteiger partial charge in [-0.05, 0) is 109 Å². The Labute approximate surface area is 201 Å². The number of rotatable bonds is 1. The summed E-state index contributed by atoms with van der Waals surface area (Å²) in [6.07, 6.45) is 11.6. The van der Waals surface area contributed by atoms with Gasteiger partial charge in [-0.1, -0.05) is 60.1 Å². The highest BCUT2D eigenvalue weighted by Gasteiger charge is 2.69. The summed E-state index contributed by atoms with van der Waals surface area (Å²) in [6.45, 7) is 17.0. The molecule has 0 saturated heterocycles. The standard InChI is InChI=1S/C30H48O3/c1-18-10-15-30(25(32)33)17-16-28(6)20(24(30)19(18)2)8-9-22-27(5)13-12-23(31)26(3,4)21(27)11-14-29(22,28)7/h8,18-19,21-24,31H,9-17H2,1-7H3,(H,32,33)/t18?,19?,21?,22?,23?,24?,27-,28+,29+,30-/m0/s1. The van der Waals surface area contributed by atoms with Crippen molar-refractivity contribution in [2.45, 2.75) is 112 Å². The van der Waals surface area contributed by atoms with Crippen LogP contribution in [0, 0.1) is 56.7 Å². The van der Waals surface area contributed by atoms with Gasteiger partial charge in [-0.2, -0.15) is 0 Å². The molecule has 0 aliphatic heterocycles. The number of hydrogen-bond acceptors (Lipinski definition) is 2. The zero-order chi connectivity index (χ0) is 24.2. The van der Waals surface area contributed by atoms with Crippen LogP contribution >= 0.6 is 0 Å². The zero-order valence-corrected chi connectivity index (χ0v) is 22.2. The lowest BCUT2D eigenvalue weighted by molar-refractivity contribution is -0.206. The van der Waals surface area contributed by atoms with E-state index < -0.39 is 11.4 Å². The van der Waals surface area contributed by atoms with Crippen LogP contribution in [0.4, 0.5) is 0 Å². The Balaban J connectivity index is 1.61. The summed E-state index contributed by atoms with van der Waals surface area (Å²) in [7, 11) is 0. The van der Waals surface area contributed by atoms with Crippen molar-refractivity contribution in [3.63, 3.8) is 0 Å². The number of fused-ring (bicyclic) bond motifs is 7. The van der Waals surface area contributed by atoms with E-state index in [9.17, 15) is 15.0 Å². The molecule has 0 bridgehead atoms. The van der Waals surface area contributed by atoms with E-state index in [1.165, 1.54) is 18.4 Å². The van der Waals surface area contributed by atoms with E-state index in [-0.39, 0.29) is 33.7 Å². The summed E-state index contributed by atoms with van der Waals surface area (Å²) in [4.78, 5) is 12.8. The molecule has 0 heterocycles. The fourth-order valence-corrected chi connectivity index (χ4v) is 10.8. The molecule has 33 heavy (non-hydrogen) atoms. The maximum absolute atomic E-state index is 12.8. The molecule has 5 aliphatic rings. The molecule has 0 spiro atoms. The van der Waals surface area contributed by atoms with E-state index in [1.807, 2.05) is 0 Å². The number of carbonyl (C=O) groups is 1. The Morgan fingerprint density at radius 2 is 1.61 bits per heavy atom. The Hall–Kier alpha value is -0.830. The Bertz CT molecular complexity index is 874. The molecular weight excluding hydrogens is 408 g/mol. The van der Waals surface area contributed by atoms with Crippen molar-refractivity contribution >= 4 is 5.97 Å². The van der Waals surface area contributed by atoms with E-state index in [0.29, 0.717) is 23.7 Å². The molecule has 4 fully saturated rings. The van der Waals surface area contributed by atoms with Crippen LogP contribution in [0.1, 0.15) is 106 Å². The van der Waals surface area contributed by atoms with Gasteiger partial charge in [0.05, 0.1) is 11.5 Å². The van der Waals surface area contributed by atoms with E-state index >= 15 is 0 Å². The van der Waals surface area contributed by atoms with Gasteiger partial charge in [0.1, 0.15) is 0 Å². The largest absolute Gasteiger partial charge is 0.481 e. The van der Waals surface area contributed by atoms with E-state index in [1.54, 1.807) is 0 Å². The maximum Gasteiger partial charge on any atom is 0.310 e. The van der Waals surface area contributed by atoms with Crippen molar-refractivity contribution in [1.29, 1.82) is 0 Å². The van der Waals surface area contributed by atoms with Crippen molar-refractivity contribution < 1.29 is 15.0 Å². The third kappa shape index (κ3) is 2.75. The molecule has 0 aromatic carbocycles. The number of aliphatic hydroxyl groups is 1. The third-order valence-electron chi connectivity index (χ3n) is 13.4. The molecule has 2 N–H and O–H groups in total. The van der Waals surface area contributed by atoms with E-state index in [4.69, 9.17) is 0 Å². The minimum Gasteiger partial charge on any atom is -0.481 e. The first-order valence-corrected chi connectivity index (χ1v) is 13.9. The highest BCUT2D eigenvalue weighted by molar-refractivity contribution is 5.76. The Kier molecular flexibility index (Phi) is 5.15. The first-order valence-electron chi connectivity index (χ1n) is 13.9. The van der Waals surface area contributed by atoms with Crippen molar-refractivity contribution in [3.8, 4) is 0 Å². The molecule has 186 valence electrons. The average Bonchev–Trinajstić information content (AvgIpc) is 2.74. The maximum atomic E-state index is 12.8. The lowest BCUT2D eigenvalue weighted by atomic mass is 9.33. The number of aliphatic hydroxyl groups excluding tert-OH is 1. The van der Waals surface area contributed by atoms with Gasteiger partial charge >= 0.3 is 5.97 Å². The summed E-state index contributed by atoms with van der Waals surface area (Å²) in [5.41, 5.74) is 1.46. The Morgan fingerprint density at radius 1 is 0.909 bits per heavy atom. The monoisotopic (exact) mass is 456 g/mol. The van der Waals surface area contributed by atoms with Crippen LogP contribution in [0.2, 0.25) is 0 Å². The molecule has 0 aromatic heterocycles. The lowest BCUT2D eigenvalue weighted by Gasteiger charge is -2.71. The highest BCUT2D eigenvalue weighted by Crippen LogP contribution is 2.75. The average molecular weight is 457 g/mol. The van der Waals surface area contributed by atoms with Gasteiger partial charge in [-0.3, -0.25) is 4.79 Å². The first-order chi connectivity index (χ1) is 15.3. The highest BCUT2D eigenvalue weighted by atomic mass is 16.4. The van der Waals surface area contributed by atoms with Gasteiger partial charge < -0.3 is 10.2 Å². The predicted molar refractivity (Wildman–Crippen MR) is 133 cm³/mol. The predicted octanol–water partition coefficient (Wildman–Crippen LogP) is 7.09. The molecule has 10 atom stereocenters. The molecule has 0 aromatic rings. The normalized spacial score (nSPS) is 55.3. The smallest absolute Gasteiger partial charge is 0.310 e. The summed E-state index contributed by atoms with van der Waals surface area (Å²) >= 11 is 0. The lowest BCUT2D eigenvalue weighted by Crippen LogP contribution is -2.65. The molecular formula is C30H48O3. The minimum absolute atomic E-state index is 0.0302. The molecule has 3 heteroatoms. The van der Waals surface area contributed by atoms with Crippen molar-refractivity contribution in [2.75, 3.05) is 0 Å². The number of aliphatic carboxylic acids is 1. The molecule has 6 unspecified atom stereocenters. The topological polar surface area (TPSA) is 57.5 Å². The van der Waals surface area contributed by atoms with Crippen LogP contribution in [0.15, 0.2) is 11.6 Å². The minimum atomic E-state index is -0.557. The van der Waals surface area contributed by atoms with Gasteiger partial charge in [-0.25, -0.2) is 0 Å². The molecule has 0 radical (unpaired) electrons. The second-order valence-corrected chi connectivity index (χ2v) is 14.5. The summed E-state index contributed by atoms with van der Waals surface area (Å²) in [6, 6.07) is 0. The van der Waals surface area contributed by atoms with Gasteiger partial charge in [-0.15, -0.1) is 0 Å².